The molecule has 124 valence electrons. The van der Waals surface area contributed by atoms with Gasteiger partial charge in [-0.3, -0.25) is 20.4 Å². The highest BCUT2D eigenvalue weighted by Crippen LogP contribution is 2.03. The third-order valence-electron chi connectivity index (χ3n) is 3.21. The van der Waals surface area contributed by atoms with Crippen LogP contribution in [-0.4, -0.2) is 17.8 Å². The fraction of sp³-hybridized carbons (Fsp3) is 0.118. The molecule has 7 nitrogen and oxygen atoms in total. The van der Waals surface area contributed by atoms with Crippen LogP contribution in [0.5, 0.6) is 0 Å². The first kappa shape index (κ1) is 17.0. The fourth-order valence-corrected chi connectivity index (χ4v) is 1.81. The van der Waals surface area contributed by atoms with Crippen LogP contribution in [0.25, 0.3) is 0 Å². The molecule has 7 heteroatoms. The SMILES string of the molecule is Cc1ccc(C(=O)NNC(=O)NNC(=O)c2ccc(C)cc2)cc1. The van der Waals surface area contributed by atoms with E-state index < -0.39 is 17.8 Å². The number of hydrazine groups is 2. The Morgan fingerprint density at radius 2 is 0.917 bits per heavy atom. The van der Waals surface area contributed by atoms with Crippen molar-refractivity contribution in [2.45, 2.75) is 13.8 Å². The Hall–Kier alpha value is -3.35. The highest BCUT2D eigenvalue weighted by atomic mass is 16.2. The van der Waals surface area contributed by atoms with Gasteiger partial charge in [-0.05, 0) is 38.1 Å². The average Bonchev–Trinajstić information content (AvgIpc) is 2.58. The van der Waals surface area contributed by atoms with E-state index in [-0.39, 0.29) is 0 Å². The molecular weight excluding hydrogens is 308 g/mol. The minimum Gasteiger partial charge on any atom is -0.267 e. The van der Waals surface area contributed by atoms with Gasteiger partial charge in [0.15, 0.2) is 0 Å². The van der Waals surface area contributed by atoms with Crippen molar-refractivity contribution in [2.24, 2.45) is 0 Å². The Labute approximate surface area is 139 Å². The predicted octanol–water partition coefficient (Wildman–Crippen LogP) is 1.59. The second kappa shape index (κ2) is 7.77. The van der Waals surface area contributed by atoms with Gasteiger partial charge in [0.1, 0.15) is 0 Å². The first-order valence-corrected chi connectivity index (χ1v) is 7.26. The number of hydrogen-bond acceptors (Lipinski definition) is 3. The van der Waals surface area contributed by atoms with Crippen LogP contribution < -0.4 is 21.7 Å². The highest BCUT2D eigenvalue weighted by molar-refractivity contribution is 5.96. The first-order valence-electron chi connectivity index (χ1n) is 7.26. The van der Waals surface area contributed by atoms with Gasteiger partial charge < -0.3 is 0 Å². The van der Waals surface area contributed by atoms with Gasteiger partial charge in [-0.25, -0.2) is 15.6 Å². The lowest BCUT2D eigenvalue weighted by molar-refractivity contribution is 0.0929. The third-order valence-corrected chi connectivity index (χ3v) is 3.21. The maximum Gasteiger partial charge on any atom is 0.352 e. The van der Waals surface area contributed by atoms with Crippen molar-refractivity contribution < 1.29 is 14.4 Å². The summed E-state index contributed by atoms with van der Waals surface area (Å²) in [5.74, 6) is -0.926. The minimum atomic E-state index is -0.768. The lowest BCUT2D eigenvalue weighted by Crippen LogP contribution is -2.52. The third kappa shape index (κ3) is 4.84. The van der Waals surface area contributed by atoms with Crippen LogP contribution in [0, 0.1) is 13.8 Å². The Kier molecular flexibility index (Phi) is 5.51. The normalized spacial score (nSPS) is 9.75. The molecule has 0 aliphatic carbocycles. The summed E-state index contributed by atoms with van der Waals surface area (Å²) in [5, 5.41) is 0. The number of amides is 4. The van der Waals surface area contributed by atoms with E-state index in [2.05, 4.69) is 21.7 Å². The molecule has 0 radical (unpaired) electrons. The van der Waals surface area contributed by atoms with Gasteiger partial charge in [0, 0.05) is 11.1 Å². The Balaban J connectivity index is 1.77. The molecule has 0 unspecified atom stereocenters. The summed E-state index contributed by atoms with van der Waals surface area (Å²) in [6.07, 6.45) is 0. The number of rotatable bonds is 2. The van der Waals surface area contributed by atoms with Gasteiger partial charge >= 0.3 is 6.03 Å². The highest BCUT2D eigenvalue weighted by Gasteiger charge is 2.09. The molecule has 0 aromatic heterocycles. The van der Waals surface area contributed by atoms with Gasteiger partial charge in [0.2, 0.25) is 0 Å². The van der Waals surface area contributed by atoms with Crippen molar-refractivity contribution >= 4 is 17.8 Å². The van der Waals surface area contributed by atoms with Crippen LogP contribution in [0.2, 0.25) is 0 Å². The van der Waals surface area contributed by atoms with Crippen molar-refractivity contribution in [3.8, 4) is 0 Å². The van der Waals surface area contributed by atoms with Crippen LogP contribution >= 0.6 is 0 Å². The summed E-state index contributed by atoms with van der Waals surface area (Å²) in [6, 6.07) is 13.0. The second-order valence-corrected chi connectivity index (χ2v) is 5.22. The van der Waals surface area contributed by atoms with Gasteiger partial charge in [-0.2, -0.15) is 0 Å². The lowest BCUT2D eigenvalue weighted by Gasteiger charge is -2.10. The Morgan fingerprint density at radius 1 is 0.583 bits per heavy atom. The molecule has 0 aliphatic heterocycles. The zero-order valence-corrected chi connectivity index (χ0v) is 13.3. The number of carbonyl (C=O) groups excluding carboxylic acids is 3. The summed E-state index contributed by atoms with van der Waals surface area (Å²) >= 11 is 0. The Morgan fingerprint density at radius 3 is 1.25 bits per heavy atom. The molecule has 0 heterocycles. The average molecular weight is 326 g/mol. The molecule has 0 saturated carbocycles. The molecule has 2 rings (SSSR count). The number of nitrogens with one attached hydrogen (secondary N) is 4. The molecule has 0 fully saturated rings. The standard InChI is InChI=1S/C17H18N4O3/c1-11-3-7-13(8-4-11)15(22)18-20-17(24)21-19-16(23)14-9-5-12(2)6-10-14/h3-10H,1-2H3,(H,18,22)(H,19,23)(H2,20,21,24). The summed E-state index contributed by atoms with van der Waals surface area (Å²) < 4.78 is 0. The van der Waals surface area contributed by atoms with Crippen LogP contribution in [0.3, 0.4) is 0 Å². The van der Waals surface area contributed by atoms with Gasteiger partial charge in [-0.1, -0.05) is 35.4 Å². The number of carbonyl (C=O) groups is 3. The molecule has 2 aromatic rings. The van der Waals surface area contributed by atoms with E-state index >= 15 is 0 Å². The van der Waals surface area contributed by atoms with E-state index in [0.717, 1.165) is 11.1 Å². The second-order valence-electron chi connectivity index (χ2n) is 5.22. The number of urea groups is 1. The molecule has 0 atom stereocenters. The molecule has 24 heavy (non-hydrogen) atoms. The monoisotopic (exact) mass is 326 g/mol. The molecular formula is C17H18N4O3. The van der Waals surface area contributed by atoms with Crippen LogP contribution in [0.15, 0.2) is 48.5 Å². The molecule has 0 spiro atoms. The minimum absolute atomic E-state index is 0.407. The van der Waals surface area contributed by atoms with Gasteiger partial charge in [0.25, 0.3) is 11.8 Å². The molecule has 0 saturated heterocycles. The van der Waals surface area contributed by atoms with Crippen molar-refractivity contribution in [3.05, 3.63) is 70.8 Å². The van der Waals surface area contributed by atoms with E-state index in [1.54, 1.807) is 48.5 Å². The molecule has 0 bridgehead atoms. The zero-order chi connectivity index (χ0) is 17.5. The van der Waals surface area contributed by atoms with Crippen molar-refractivity contribution in [3.63, 3.8) is 0 Å². The summed E-state index contributed by atoms with van der Waals surface area (Å²) in [4.78, 5) is 35.2. The van der Waals surface area contributed by atoms with E-state index in [1.165, 1.54) is 0 Å². The van der Waals surface area contributed by atoms with Crippen molar-refractivity contribution in [2.75, 3.05) is 0 Å². The summed E-state index contributed by atoms with van der Waals surface area (Å²) in [7, 11) is 0. The Bertz CT molecular complexity index is 676. The smallest absolute Gasteiger partial charge is 0.267 e. The van der Waals surface area contributed by atoms with Crippen LogP contribution in [-0.2, 0) is 0 Å². The predicted molar refractivity (Wildman–Crippen MR) is 89.0 cm³/mol. The zero-order valence-electron chi connectivity index (χ0n) is 13.3. The molecule has 4 amide bonds. The molecule has 2 aromatic carbocycles. The van der Waals surface area contributed by atoms with Gasteiger partial charge in [0.05, 0.1) is 0 Å². The maximum atomic E-state index is 11.8. The maximum absolute atomic E-state index is 11.8. The summed E-state index contributed by atoms with van der Waals surface area (Å²) in [5.41, 5.74) is 11.6. The topological polar surface area (TPSA) is 99.3 Å². The molecule has 0 aliphatic rings. The fourth-order valence-electron chi connectivity index (χ4n) is 1.81. The van der Waals surface area contributed by atoms with Crippen LogP contribution in [0.1, 0.15) is 31.8 Å². The van der Waals surface area contributed by atoms with Crippen molar-refractivity contribution in [1.29, 1.82) is 0 Å². The van der Waals surface area contributed by atoms with E-state index in [1.807, 2.05) is 13.8 Å². The van der Waals surface area contributed by atoms with E-state index in [0.29, 0.717) is 11.1 Å². The van der Waals surface area contributed by atoms with E-state index in [4.69, 9.17) is 0 Å². The summed E-state index contributed by atoms with van der Waals surface area (Å²) in [6.45, 7) is 3.81. The van der Waals surface area contributed by atoms with E-state index in [9.17, 15) is 14.4 Å². The quantitative estimate of drug-likeness (QED) is 0.631. The largest absolute Gasteiger partial charge is 0.352 e. The number of benzene rings is 2. The van der Waals surface area contributed by atoms with Crippen LogP contribution in [0.4, 0.5) is 4.79 Å². The van der Waals surface area contributed by atoms with Crippen molar-refractivity contribution in [1.82, 2.24) is 21.7 Å². The van der Waals surface area contributed by atoms with Gasteiger partial charge in [-0.15, -0.1) is 0 Å². The number of hydrogen-bond donors (Lipinski definition) is 4. The number of aryl methyl sites for hydroxylation is 2. The lowest BCUT2D eigenvalue weighted by atomic mass is 10.1. The molecule has 4 N–H and O–H groups in total. The first-order chi connectivity index (χ1) is 11.5.